The molecule has 0 saturated carbocycles. The second-order valence-corrected chi connectivity index (χ2v) is 5.18. The molecule has 0 amide bonds. The van der Waals surface area contributed by atoms with Crippen molar-refractivity contribution >= 4 is 12.7 Å². The van der Waals surface area contributed by atoms with Crippen molar-refractivity contribution in [1.29, 1.82) is 0 Å². The lowest BCUT2D eigenvalue weighted by molar-refractivity contribution is 0.00578. The van der Waals surface area contributed by atoms with Gasteiger partial charge in [0.2, 0.25) is 0 Å². The highest BCUT2D eigenvalue weighted by molar-refractivity contribution is 6.61. The Kier molecular flexibility index (Phi) is 1.82. The second kappa shape index (κ2) is 4.11. The molecule has 0 bridgehead atoms. The molecule has 1 aromatic heterocycles. The van der Waals surface area contributed by atoms with Crippen molar-refractivity contribution in [3.05, 3.63) is 23.9 Å². The molecular formula is C13H20BNO2. The third-order valence-corrected chi connectivity index (χ3v) is 3.43. The van der Waals surface area contributed by atoms with E-state index in [-0.39, 0.29) is 5.56 Å². The van der Waals surface area contributed by atoms with Crippen molar-refractivity contribution in [3.8, 4) is 0 Å². The van der Waals surface area contributed by atoms with Crippen LogP contribution in [0.5, 0.6) is 0 Å². The molecule has 2 heterocycles. The van der Waals surface area contributed by atoms with Crippen LogP contribution in [0.4, 0.5) is 0 Å². The summed E-state index contributed by atoms with van der Waals surface area (Å²) < 4.78 is 49.0. The van der Waals surface area contributed by atoms with Crippen LogP contribution in [0.1, 0.15) is 47.0 Å². The van der Waals surface area contributed by atoms with Crippen LogP contribution in [0.3, 0.4) is 0 Å². The molecule has 0 radical (unpaired) electrons. The Balaban J connectivity index is 2.25. The fourth-order valence-electron chi connectivity index (χ4n) is 1.58. The van der Waals surface area contributed by atoms with Gasteiger partial charge < -0.3 is 9.31 Å². The van der Waals surface area contributed by atoms with Gasteiger partial charge in [-0.25, -0.2) is 0 Å². The molecule has 1 saturated heterocycles. The van der Waals surface area contributed by atoms with Crippen molar-refractivity contribution in [2.24, 2.45) is 0 Å². The molecule has 1 aromatic rings. The summed E-state index contributed by atoms with van der Waals surface area (Å²) in [6.45, 7) is 4.95. The van der Waals surface area contributed by atoms with Gasteiger partial charge in [-0.3, -0.25) is 4.98 Å². The molecule has 17 heavy (non-hydrogen) atoms. The van der Waals surface area contributed by atoms with Crippen molar-refractivity contribution in [3.63, 3.8) is 0 Å². The zero-order valence-electron chi connectivity index (χ0n) is 15.6. The lowest BCUT2D eigenvalue weighted by Crippen LogP contribution is -2.41. The predicted octanol–water partition coefficient (Wildman–Crippen LogP) is 1.94. The Hall–Kier alpha value is -0.865. The highest BCUT2D eigenvalue weighted by Crippen LogP contribution is 2.36. The summed E-state index contributed by atoms with van der Waals surface area (Å²) in [6.07, 6.45) is -1.22. The average molecular weight is 238 g/mol. The Labute approximate surface area is 111 Å². The van der Waals surface area contributed by atoms with E-state index in [1.165, 1.54) is 12.3 Å². The Morgan fingerprint density at radius 3 is 2.41 bits per heavy atom. The zero-order chi connectivity index (χ0) is 17.0. The van der Waals surface area contributed by atoms with Gasteiger partial charge in [0.25, 0.3) is 0 Å². The molecular weight excluding hydrogens is 213 g/mol. The lowest BCUT2D eigenvalue weighted by Gasteiger charge is -2.32. The van der Waals surface area contributed by atoms with Gasteiger partial charge >= 0.3 is 7.12 Å². The quantitative estimate of drug-likeness (QED) is 0.738. The van der Waals surface area contributed by atoms with Crippen LogP contribution in [0.2, 0.25) is 0 Å². The van der Waals surface area contributed by atoms with Crippen LogP contribution >= 0.6 is 0 Å². The summed E-state index contributed by atoms with van der Waals surface area (Å²) >= 11 is 0. The summed E-state index contributed by atoms with van der Waals surface area (Å²) in [5.41, 5.74) is -0.493. The Morgan fingerprint density at radius 2 is 1.94 bits per heavy atom. The standard InChI is InChI=1S/C13H20BNO2/c1-6-10-7-8-11(15-9-10)14-16-12(2,3)13(4,5)17-14/h7-9H,6H2,1-5H3/i1D3,6D2. The van der Waals surface area contributed by atoms with Crippen molar-refractivity contribution in [2.75, 3.05) is 0 Å². The van der Waals surface area contributed by atoms with Gasteiger partial charge in [-0.15, -0.1) is 0 Å². The van der Waals surface area contributed by atoms with Crippen LogP contribution in [0.25, 0.3) is 0 Å². The number of aromatic nitrogens is 1. The van der Waals surface area contributed by atoms with Crippen LogP contribution in [-0.2, 0) is 15.7 Å². The minimum Gasteiger partial charge on any atom is -0.398 e. The predicted molar refractivity (Wildman–Crippen MR) is 69.3 cm³/mol. The van der Waals surface area contributed by atoms with Crippen LogP contribution in [0.15, 0.2) is 18.3 Å². The first kappa shape index (κ1) is 7.54. The number of hydrogen-bond acceptors (Lipinski definition) is 3. The number of pyridine rings is 1. The first-order valence-corrected chi connectivity index (χ1v) is 5.60. The van der Waals surface area contributed by atoms with Gasteiger partial charge in [0.05, 0.1) is 16.8 Å². The molecule has 0 unspecified atom stereocenters. The molecule has 3 nitrogen and oxygen atoms in total. The van der Waals surface area contributed by atoms with Crippen molar-refractivity contribution < 1.29 is 16.2 Å². The van der Waals surface area contributed by atoms with Gasteiger partial charge in [-0.05, 0) is 45.7 Å². The Morgan fingerprint density at radius 1 is 1.29 bits per heavy atom. The topological polar surface area (TPSA) is 31.4 Å². The molecule has 4 heteroatoms. The third kappa shape index (κ3) is 2.24. The summed E-state index contributed by atoms with van der Waals surface area (Å²) in [6, 6.07) is 2.96. The van der Waals surface area contributed by atoms with Crippen LogP contribution < -0.4 is 5.59 Å². The number of rotatable bonds is 2. The largest absolute Gasteiger partial charge is 0.514 e. The molecule has 1 aliphatic rings. The van der Waals surface area contributed by atoms with E-state index in [1.807, 2.05) is 27.7 Å². The Bertz CT molecular complexity index is 541. The normalized spacial score (nSPS) is 27.8. The first-order valence-electron chi connectivity index (χ1n) is 8.10. The van der Waals surface area contributed by atoms with Crippen LogP contribution in [0, 0.1) is 0 Å². The third-order valence-electron chi connectivity index (χ3n) is 3.43. The van der Waals surface area contributed by atoms with E-state index >= 15 is 0 Å². The number of hydrogen-bond donors (Lipinski definition) is 0. The summed E-state index contributed by atoms with van der Waals surface area (Å²) in [7, 11) is -0.655. The lowest BCUT2D eigenvalue weighted by atomic mass is 9.84. The molecule has 0 aromatic carbocycles. The van der Waals surface area contributed by atoms with Gasteiger partial charge in [0.1, 0.15) is 0 Å². The highest BCUT2D eigenvalue weighted by Gasteiger charge is 2.52. The van der Waals surface area contributed by atoms with Gasteiger partial charge in [-0.1, -0.05) is 12.9 Å². The van der Waals surface area contributed by atoms with Gasteiger partial charge in [0, 0.05) is 13.1 Å². The van der Waals surface area contributed by atoms with Crippen LogP contribution in [-0.4, -0.2) is 23.3 Å². The summed E-state index contributed by atoms with van der Waals surface area (Å²) in [4.78, 5) is 4.13. The molecule has 2 rings (SSSR count). The molecule has 1 aliphatic heterocycles. The maximum absolute atomic E-state index is 7.73. The second-order valence-electron chi connectivity index (χ2n) is 5.18. The molecule has 0 atom stereocenters. The van der Waals surface area contributed by atoms with Crippen molar-refractivity contribution in [2.45, 2.75) is 52.1 Å². The van der Waals surface area contributed by atoms with E-state index in [0.717, 1.165) is 0 Å². The molecule has 1 fully saturated rings. The van der Waals surface area contributed by atoms with Crippen molar-refractivity contribution in [1.82, 2.24) is 4.98 Å². The molecule has 0 N–H and O–H groups in total. The van der Waals surface area contributed by atoms with E-state index in [4.69, 9.17) is 16.2 Å². The van der Waals surface area contributed by atoms with E-state index in [1.54, 1.807) is 6.07 Å². The molecule has 92 valence electrons. The van der Waals surface area contributed by atoms with E-state index in [9.17, 15) is 0 Å². The minimum absolute atomic E-state index is 0.00719. The number of aryl methyl sites for hydroxylation is 1. The smallest absolute Gasteiger partial charge is 0.398 e. The van der Waals surface area contributed by atoms with E-state index in [2.05, 4.69) is 4.98 Å². The monoisotopic (exact) mass is 238 g/mol. The molecule has 0 spiro atoms. The maximum Gasteiger partial charge on any atom is 0.514 e. The summed E-state index contributed by atoms with van der Waals surface area (Å²) in [5.74, 6) is 0. The summed E-state index contributed by atoms with van der Waals surface area (Å²) in [5, 5.41) is 0. The average Bonchev–Trinajstić information content (AvgIpc) is 2.57. The van der Waals surface area contributed by atoms with E-state index in [0.29, 0.717) is 5.59 Å². The zero-order valence-corrected chi connectivity index (χ0v) is 10.6. The SMILES string of the molecule is [2H]C([2H])([2H])C([2H])([2H])c1ccc(B2OC(C)(C)C(C)(C)O2)nc1. The van der Waals surface area contributed by atoms with Gasteiger partial charge in [-0.2, -0.15) is 0 Å². The maximum atomic E-state index is 7.73. The van der Waals surface area contributed by atoms with E-state index < -0.39 is 31.5 Å². The van der Waals surface area contributed by atoms with Gasteiger partial charge in [0.15, 0.2) is 0 Å². The fourth-order valence-corrected chi connectivity index (χ4v) is 1.58. The highest BCUT2D eigenvalue weighted by atomic mass is 16.7. The first-order chi connectivity index (χ1) is 9.78. The fraction of sp³-hybridized carbons (Fsp3) is 0.615. The number of nitrogens with zero attached hydrogens (tertiary/aromatic N) is 1. The minimum atomic E-state index is -2.75. The molecule has 0 aliphatic carbocycles.